The first-order chi connectivity index (χ1) is 7.28. The second-order valence-corrected chi connectivity index (χ2v) is 4.40. The van der Waals surface area contributed by atoms with Crippen molar-refractivity contribution in [2.24, 2.45) is 0 Å². The summed E-state index contributed by atoms with van der Waals surface area (Å²) in [5, 5.41) is 2.86. The Bertz CT molecular complexity index is 317. The summed E-state index contributed by atoms with van der Waals surface area (Å²) in [4.78, 5) is 12.5. The molecule has 2 aliphatic rings. The number of rotatable bonds is 3. The van der Waals surface area contributed by atoms with Gasteiger partial charge in [-0.2, -0.15) is 8.78 Å². The van der Waals surface area contributed by atoms with E-state index in [4.69, 9.17) is 0 Å². The molecule has 0 aromatic rings. The molecule has 1 saturated heterocycles. The molecule has 3 nitrogen and oxygen atoms in total. The highest BCUT2D eigenvalue weighted by molar-refractivity contribution is 5.91. The number of nitrogens with one attached hydrogen (secondary N) is 1. The molecule has 1 amide bonds. The van der Waals surface area contributed by atoms with E-state index in [2.05, 4.69) is 5.32 Å². The van der Waals surface area contributed by atoms with Crippen LogP contribution in [-0.2, 0) is 4.79 Å². The Morgan fingerprint density at radius 2 is 2.12 bits per heavy atom. The highest BCUT2D eigenvalue weighted by Gasteiger charge is 2.60. The average Bonchev–Trinajstić information content (AvgIpc) is 2.89. The minimum absolute atomic E-state index is 0.486. The number of hydrogen-bond donors (Lipinski definition) is 1. The lowest BCUT2D eigenvalue weighted by Crippen LogP contribution is -2.46. The van der Waals surface area contributed by atoms with Crippen LogP contribution in [0.3, 0.4) is 0 Å². The first kappa shape index (κ1) is 11.6. The molecule has 1 saturated carbocycles. The van der Waals surface area contributed by atoms with Gasteiger partial charge in [0.2, 0.25) is 5.91 Å². The normalized spacial score (nSPS) is 28.2. The molecule has 1 aliphatic carbocycles. The Labute approximate surface area is 89.8 Å². The van der Waals surface area contributed by atoms with Crippen LogP contribution in [0, 0.1) is 0 Å². The van der Waals surface area contributed by atoms with Gasteiger partial charge in [0, 0.05) is 0 Å². The van der Waals surface area contributed by atoms with E-state index in [-0.39, 0.29) is 0 Å². The molecule has 0 bridgehead atoms. The van der Waals surface area contributed by atoms with Crippen molar-refractivity contribution in [2.75, 3.05) is 6.54 Å². The predicted molar refractivity (Wildman–Crippen MR) is 47.2 cm³/mol. The van der Waals surface area contributed by atoms with Gasteiger partial charge in [0.05, 0.1) is 18.2 Å². The first-order valence-corrected chi connectivity index (χ1v) is 5.03. The van der Waals surface area contributed by atoms with E-state index in [9.17, 15) is 22.4 Å². The van der Waals surface area contributed by atoms with Crippen molar-refractivity contribution in [3.05, 3.63) is 0 Å². The molecule has 1 aliphatic heterocycles. The SMILES string of the molecule is CC1NC2(CC2)C(=O)N1CC(F)(F)C(F)F. The zero-order chi connectivity index (χ0) is 12.1. The Morgan fingerprint density at radius 1 is 1.56 bits per heavy atom. The number of nitrogens with zero attached hydrogens (tertiary/aromatic N) is 1. The van der Waals surface area contributed by atoms with E-state index in [1.165, 1.54) is 6.92 Å². The molecule has 0 aromatic heterocycles. The second-order valence-electron chi connectivity index (χ2n) is 4.40. The molecule has 1 N–H and O–H groups in total. The summed E-state index contributed by atoms with van der Waals surface area (Å²) >= 11 is 0. The monoisotopic (exact) mass is 240 g/mol. The fraction of sp³-hybridized carbons (Fsp3) is 0.889. The van der Waals surface area contributed by atoms with E-state index in [1.807, 2.05) is 0 Å². The van der Waals surface area contributed by atoms with E-state index < -0.39 is 36.5 Å². The van der Waals surface area contributed by atoms with Crippen LogP contribution in [0.2, 0.25) is 0 Å². The highest BCUT2D eigenvalue weighted by Crippen LogP contribution is 2.42. The van der Waals surface area contributed by atoms with E-state index >= 15 is 0 Å². The summed E-state index contributed by atoms with van der Waals surface area (Å²) in [5.74, 6) is -4.63. The van der Waals surface area contributed by atoms with Crippen LogP contribution in [0.15, 0.2) is 0 Å². The summed E-state index contributed by atoms with van der Waals surface area (Å²) in [6.07, 6.45) is -3.18. The fourth-order valence-corrected chi connectivity index (χ4v) is 1.98. The van der Waals surface area contributed by atoms with Gasteiger partial charge >= 0.3 is 12.3 Å². The van der Waals surface area contributed by atoms with Crippen molar-refractivity contribution in [1.29, 1.82) is 0 Å². The van der Waals surface area contributed by atoms with Gasteiger partial charge in [0.25, 0.3) is 0 Å². The Hall–Kier alpha value is -0.850. The van der Waals surface area contributed by atoms with Gasteiger partial charge in [-0.1, -0.05) is 0 Å². The smallest absolute Gasteiger partial charge is 0.320 e. The van der Waals surface area contributed by atoms with E-state index in [0.29, 0.717) is 12.8 Å². The minimum Gasteiger partial charge on any atom is -0.320 e. The van der Waals surface area contributed by atoms with Gasteiger partial charge in [-0.05, 0) is 19.8 Å². The number of hydrogen-bond acceptors (Lipinski definition) is 2. The second kappa shape index (κ2) is 3.32. The molecule has 2 rings (SSSR count). The summed E-state index contributed by atoms with van der Waals surface area (Å²) in [5.41, 5.74) is -0.738. The first-order valence-electron chi connectivity index (χ1n) is 5.03. The molecule has 92 valence electrons. The minimum atomic E-state index is -4.15. The summed E-state index contributed by atoms with van der Waals surface area (Å²) in [6, 6.07) is 0. The van der Waals surface area contributed by atoms with E-state index in [1.54, 1.807) is 0 Å². The van der Waals surface area contributed by atoms with Gasteiger partial charge in [0.1, 0.15) is 0 Å². The Kier molecular flexibility index (Phi) is 2.41. The lowest BCUT2D eigenvalue weighted by Gasteiger charge is -2.25. The molecule has 2 fully saturated rings. The molecule has 1 heterocycles. The molecule has 1 atom stereocenters. The largest absolute Gasteiger partial charge is 0.324 e. The third-order valence-electron chi connectivity index (χ3n) is 3.07. The van der Waals surface area contributed by atoms with Gasteiger partial charge in [-0.15, -0.1) is 0 Å². The summed E-state index contributed by atoms with van der Waals surface area (Å²) < 4.78 is 49.7. The summed E-state index contributed by atoms with van der Waals surface area (Å²) in [7, 11) is 0. The topological polar surface area (TPSA) is 32.3 Å². The van der Waals surface area contributed by atoms with Gasteiger partial charge in [-0.3, -0.25) is 10.1 Å². The van der Waals surface area contributed by atoms with E-state index in [0.717, 1.165) is 4.90 Å². The predicted octanol–water partition coefficient (Wildman–Crippen LogP) is 1.20. The highest BCUT2D eigenvalue weighted by atomic mass is 19.3. The van der Waals surface area contributed by atoms with Crippen LogP contribution < -0.4 is 5.32 Å². The van der Waals surface area contributed by atoms with Crippen LogP contribution in [0.1, 0.15) is 19.8 Å². The quantitative estimate of drug-likeness (QED) is 0.752. The maximum atomic E-state index is 12.8. The molecule has 16 heavy (non-hydrogen) atoms. The van der Waals surface area contributed by atoms with Gasteiger partial charge in [-0.25, -0.2) is 8.78 Å². The molecular formula is C9H12F4N2O. The average molecular weight is 240 g/mol. The molecule has 1 unspecified atom stereocenters. The fourth-order valence-electron chi connectivity index (χ4n) is 1.98. The van der Waals surface area contributed by atoms with Crippen molar-refractivity contribution in [1.82, 2.24) is 10.2 Å². The van der Waals surface area contributed by atoms with Crippen LogP contribution >= 0.6 is 0 Å². The maximum absolute atomic E-state index is 12.8. The molecule has 1 spiro atoms. The molecule has 0 radical (unpaired) electrons. The van der Waals surface area contributed by atoms with Gasteiger partial charge < -0.3 is 4.90 Å². The molecule has 0 aromatic carbocycles. The van der Waals surface area contributed by atoms with Crippen LogP contribution in [0.25, 0.3) is 0 Å². The van der Waals surface area contributed by atoms with Crippen LogP contribution in [-0.4, -0.2) is 41.4 Å². The number of amides is 1. The zero-order valence-corrected chi connectivity index (χ0v) is 8.64. The lowest BCUT2D eigenvalue weighted by molar-refractivity contribution is -0.156. The number of carbonyl (C=O) groups excluding carboxylic acids is 1. The lowest BCUT2D eigenvalue weighted by atomic mass is 10.2. The Balaban J connectivity index is 2.08. The maximum Gasteiger partial charge on any atom is 0.324 e. The standard InChI is InChI=1S/C9H12F4N2O/c1-5-14-8(2-3-8)7(16)15(5)4-9(12,13)6(10)11/h5-6,14H,2-4H2,1H3. The van der Waals surface area contributed by atoms with Gasteiger partial charge in [0.15, 0.2) is 0 Å². The Morgan fingerprint density at radius 3 is 2.50 bits per heavy atom. The molecular weight excluding hydrogens is 228 g/mol. The van der Waals surface area contributed by atoms with Crippen molar-refractivity contribution in [3.8, 4) is 0 Å². The van der Waals surface area contributed by atoms with Crippen LogP contribution in [0.4, 0.5) is 17.6 Å². The third kappa shape index (κ3) is 1.66. The number of halogens is 4. The third-order valence-corrected chi connectivity index (χ3v) is 3.07. The van der Waals surface area contributed by atoms with Crippen LogP contribution in [0.5, 0.6) is 0 Å². The zero-order valence-electron chi connectivity index (χ0n) is 8.64. The van der Waals surface area contributed by atoms with Crippen molar-refractivity contribution < 1.29 is 22.4 Å². The van der Waals surface area contributed by atoms with Crippen molar-refractivity contribution in [2.45, 2.75) is 43.8 Å². The number of carbonyl (C=O) groups is 1. The number of alkyl halides is 4. The van der Waals surface area contributed by atoms with Crippen molar-refractivity contribution >= 4 is 5.91 Å². The molecule has 7 heteroatoms. The summed E-state index contributed by atoms with van der Waals surface area (Å²) in [6.45, 7) is 0.298. The van der Waals surface area contributed by atoms with Crippen molar-refractivity contribution in [3.63, 3.8) is 0 Å².